The smallest absolute Gasteiger partial charge is 0.255 e. The van der Waals surface area contributed by atoms with Crippen LogP contribution in [-0.2, 0) is 11.2 Å². The first-order chi connectivity index (χ1) is 14.6. The molecule has 1 atom stereocenters. The Morgan fingerprint density at radius 1 is 1.20 bits per heavy atom. The second-order valence-electron chi connectivity index (χ2n) is 7.03. The maximum Gasteiger partial charge on any atom is 0.255 e. The fourth-order valence-electron chi connectivity index (χ4n) is 3.54. The first-order valence-corrected chi connectivity index (χ1v) is 10.1. The SMILES string of the molecule is CC1=C(C(=O)Nc2ccccc2)C(c2ccccc2Cl)n2nc(CCCO)nc2N1. The number of aryl methyl sites for hydroxylation is 1. The van der Waals surface area contributed by atoms with Crippen LogP contribution < -0.4 is 10.6 Å². The van der Waals surface area contributed by atoms with Gasteiger partial charge in [0.05, 0.1) is 5.57 Å². The number of halogens is 1. The number of nitrogens with one attached hydrogen (secondary N) is 2. The standard InChI is InChI=1S/C22H22ClN5O2/c1-14-19(21(30)25-15-8-3-2-4-9-15)20(16-10-5-6-11-17(16)23)28-22(24-14)26-18(27-28)12-7-13-29/h2-6,8-11,20,29H,7,12-13H2,1H3,(H,25,30)(H,24,26,27). The van der Waals surface area contributed by atoms with Gasteiger partial charge in [0.2, 0.25) is 5.95 Å². The third kappa shape index (κ3) is 3.94. The average Bonchev–Trinajstić information content (AvgIpc) is 3.14. The molecule has 1 aliphatic heterocycles. The number of hydrogen-bond donors (Lipinski definition) is 3. The lowest BCUT2D eigenvalue weighted by molar-refractivity contribution is -0.113. The van der Waals surface area contributed by atoms with Crippen LogP contribution in [0.15, 0.2) is 65.9 Å². The monoisotopic (exact) mass is 423 g/mol. The molecule has 1 aliphatic rings. The van der Waals surface area contributed by atoms with Crippen molar-refractivity contribution in [2.75, 3.05) is 17.2 Å². The van der Waals surface area contributed by atoms with Gasteiger partial charge in [-0.25, -0.2) is 4.68 Å². The van der Waals surface area contributed by atoms with Crippen LogP contribution in [0, 0.1) is 0 Å². The van der Waals surface area contributed by atoms with Crippen LogP contribution in [0.1, 0.15) is 30.8 Å². The van der Waals surface area contributed by atoms with E-state index in [0.717, 1.165) is 5.56 Å². The van der Waals surface area contributed by atoms with Gasteiger partial charge < -0.3 is 15.7 Å². The van der Waals surface area contributed by atoms with Crippen LogP contribution in [0.3, 0.4) is 0 Å². The summed E-state index contributed by atoms with van der Waals surface area (Å²) in [6.07, 6.45) is 1.10. The van der Waals surface area contributed by atoms with Gasteiger partial charge in [-0.1, -0.05) is 48.0 Å². The van der Waals surface area contributed by atoms with Crippen LogP contribution in [0.25, 0.3) is 0 Å². The van der Waals surface area contributed by atoms with E-state index in [1.54, 1.807) is 10.7 Å². The van der Waals surface area contributed by atoms with Gasteiger partial charge in [-0.3, -0.25) is 4.79 Å². The molecule has 3 N–H and O–H groups in total. The Balaban J connectivity index is 1.78. The van der Waals surface area contributed by atoms with Crippen LogP contribution in [0.5, 0.6) is 0 Å². The molecule has 0 fully saturated rings. The molecule has 154 valence electrons. The highest BCUT2D eigenvalue weighted by Gasteiger charge is 2.35. The number of anilines is 2. The molecular formula is C22H22ClN5O2. The molecule has 0 saturated carbocycles. The zero-order valence-electron chi connectivity index (χ0n) is 16.5. The summed E-state index contributed by atoms with van der Waals surface area (Å²) < 4.78 is 1.70. The Morgan fingerprint density at radius 3 is 2.67 bits per heavy atom. The average molecular weight is 424 g/mol. The van der Waals surface area contributed by atoms with Crippen molar-refractivity contribution < 1.29 is 9.90 Å². The third-order valence-electron chi connectivity index (χ3n) is 4.93. The second-order valence-corrected chi connectivity index (χ2v) is 7.44. The zero-order valence-corrected chi connectivity index (χ0v) is 17.2. The number of carbonyl (C=O) groups excluding carboxylic acids is 1. The van der Waals surface area contributed by atoms with Gasteiger partial charge in [-0.2, -0.15) is 10.1 Å². The van der Waals surface area contributed by atoms with Gasteiger partial charge in [0.15, 0.2) is 5.82 Å². The molecule has 1 amide bonds. The Bertz CT molecular complexity index is 1090. The molecule has 1 aromatic heterocycles. The predicted molar refractivity (Wildman–Crippen MR) is 116 cm³/mol. The van der Waals surface area contributed by atoms with Gasteiger partial charge in [-0.05, 0) is 31.5 Å². The third-order valence-corrected chi connectivity index (χ3v) is 5.28. The molecule has 0 saturated heterocycles. The van der Waals surface area contributed by atoms with Crippen molar-refractivity contribution in [3.05, 3.63) is 82.3 Å². The van der Waals surface area contributed by atoms with E-state index in [4.69, 9.17) is 16.7 Å². The van der Waals surface area contributed by atoms with E-state index in [9.17, 15) is 4.79 Å². The number of carbonyl (C=O) groups is 1. The molecule has 0 aliphatic carbocycles. The highest BCUT2D eigenvalue weighted by molar-refractivity contribution is 6.31. The zero-order chi connectivity index (χ0) is 21.1. The molecule has 2 heterocycles. The molecule has 0 radical (unpaired) electrons. The maximum absolute atomic E-state index is 13.3. The summed E-state index contributed by atoms with van der Waals surface area (Å²) in [5.74, 6) is 0.900. The summed E-state index contributed by atoms with van der Waals surface area (Å²) in [6, 6.07) is 16.2. The van der Waals surface area contributed by atoms with Crippen LogP contribution in [-0.4, -0.2) is 32.4 Å². The van der Waals surface area contributed by atoms with E-state index in [1.165, 1.54) is 0 Å². The summed E-state index contributed by atoms with van der Waals surface area (Å²) >= 11 is 6.52. The van der Waals surface area contributed by atoms with E-state index in [-0.39, 0.29) is 12.5 Å². The number of amides is 1. The number of hydrogen-bond acceptors (Lipinski definition) is 5. The van der Waals surface area contributed by atoms with Crippen molar-refractivity contribution in [2.45, 2.75) is 25.8 Å². The number of rotatable bonds is 6. The van der Waals surface area contributed by atoms with Gasteiger partial charge in [-0.15, -0.1) is 0 Å². The van der Waals surface area contributed by atoms with E-state index >= 15 is 0 Å². The number of benzene rings is 2. The molecule has 8 heteroatoms. The number of aromatic nitrogens is 3. The highest BCUT2D eigenvalue weighted by Crippen LogP contribution is 2.38. The number of fused-ring (bicyclic) bond motifs is 1. The largest absolute Gasteiger partial charge is 0.396 e. The van der Waals surface area contributed by atoms with E-state index < -0.39 is 6.04 Å². The van der Waals surface area contributed by atoms with Gasteiger partial charge >= 0.3 is 0 Å². The molecule has 3 aromatic rings. The minimum Gasteiger partial charge on any atom is -0.396 e. The lowest BCUT2D eigenvalue weighted by Gasteiger charge is -2.29. The normalized spacial score (nSPS) is 15.5. The Kier molecular flexibility index (Phi) is 5.83. The van der Waals surface area contributed by atoms with Gasteiger partial charge in [0.1, 0.15) is 6.04 Å². The summed E-state index contributed by atoms with van der Waals surface area (Å²) in [6.45, 7) is 1.91. The summed E-state index contributed by atoms with van der Waals surface area (Å²) in [5.41, 5.74) is 2.66. The van der Waals surface area contributed by atoms with Crippen molar-refractivity contribution in [2.24, 2.45) is 0 Å². The molecular weight excluding hydrogens is 402 g/mol. The highest BCUT2D eigenvalue weighted by atomic mass is 35.5. The second kappa shape index (κ2) is 8.69. The first kappa shape index (κ1) is 20.1. The molecule has 1 unspecified atom stereocenters. The molecule has 0 bridgehead atoms. The molecule has 30 heavy (non-hydrogen) atoms. The van der Waals surface area contributed by atoms with Crippen molar-refractivity contribution in [1.82, 2.24) is 14.8 Å². The first-order valence-electron chi connectivity index (χ1n) is 9.73. The van der Waals surface area contributed by atoms with Crippen LogP contribution >= 0.6 is 11.6 Å². The fraction of sp³-hybridized carbons (Fsp3) is 0.227. The van der Waals surface area contributed by atoms with E-state index in [1.807, 2.05) is 55.5 Å². The van der Waals surface area contributed by atoms with Gasteiger partial charge in [0.25, 0.3) is 5.91 Å². The van der Waals surface area contributed by atoms with Crippen LogP contribution in [0.2, 0.25) is 5.02 Å². The molecule has 2 aromatic carbocycles. The number of aliphatic hydroxyl groups excluding tert-OH is 1. The number of allylic oxidation sites excluding steroid dienone is 1. The van der Waals surface area contributed by atoms with Gasteiger partial charge in [0, 0.05) is 35.0 Å². The summed E-state index contributed by atoms with van der Waals surface area (Å²) in [5, 5.41) is 20.5. The number of nitrogens with zero attached hydrogens (tertiary/aromatic N) is 3. The Labute approximate surface area is 179 Å². The Hall–Kier alpha value is -3.16. The van der Waals surface area contributed by atoms with Crippen molar-refractivity contribution in [3.63, 3.8) is 0 Å². The van der Waals surface area contributed by atoms with E-state index in [0.29, 0.717) is 46.6 Å². The lowest BCUT2D eigenvalue weighted by Crippen LogP contribution is -2.31. The maximum atomic E-state index is 13.3. The summed E-state index contributed by atoms with van der Waals surface area (Å²) in [7, 11) is 0. The van der Waals surface area contributed by atoms with Crippen molar-refractivity contribution >= 4 is 29.1 Å². The summed E-state index contributed by atoms with van der Waals surface area (Å²) in [4.78, 5) is 17.9. The topological polar surface area (TPSA) is 92.1 Å². The molecule has 0 spiro atoms. The minimum absolute atomic E-state index is 0.0628. The minimum atomic E-state index is -0.533. The van der Waals surface area contributed by atoms with Crippen molar-refractivity contribution in [3.8, 4) is 0 Å². The molecule has 4 rings (SSSR count). The van der Waals surface area contributed by atoms with Crippen LogP contribution in [0.4, 0.5) is 11.6 Å². The quantitative estimate of drug-likeness (QED) is 0.561. The Morgan fingerprint density at radius 2 is 1.93 bits per heavy atom. The van der Waals surface area contributed by atoms with E-state index in [2.05, 4.69) is 20.7 Å². The molecule has 7 nitrogen and oxygen atoms in total. The predicted octanol–water partition coefficient (Wildman–Crippen LogP) is 3.78. The number of para-hydroxylation sites is 1. The lowest BCUT2D eigenvalue weighted by atomic mass is 9.95. The fourth-order valence-corrected chi connectivity index (χ4v) is 3.78. The van der Waals surface area contributed by atoms with Crippen molar-refractivity contribution in [1.29, 1.82) is 0 Å². The number of aliphatic hydroxyl groups is 1.